The van der Waals surface area contributed by atoms with Gasteiger partial charge in [0.15, 0.2) is 5.96 Å². The van der Waals surface area contributed by atoms with Gasteiger partial charge >= 0.3 is 5.97 Å². The third-order valence-electron chi connectivity index (χ3n) is 3.15. The lowest BCUT2D eigenvalue weighted by molar-refractivity contribution is -0.141. The second-order valence-electron chi connectivity index (χ2n) is 4.77. The Morgan fingerprint density at radius 1 is 1.33 bits per heavy atom. The SMILES string of the molecule is NC(N)=NCCC[C@H](NC1O[C@H](CO)[C@@H](O)[C@H]1O)C(=O)O. The van der Waals surface area contributed by atoms with Crippen molar-refractivity contribution in [2.24, 2.45) is 16.5 Å². The third-order valence-corrected chi connectivity index (χ3v) is 3.15. The number of carboxylic acids is 1. The van der Waals surface area contributed by atoms with E-state index < -0.39 is 43.2 Å². The summed E-state index contributed by atoms with van der Waals surface area (Å²) in [6.45, 7) is -0.192. The van der Waals surface area contributed by atoms with Crippen LogP contribution < -0.4 is 16.8 Å². The van der Waals surface area contributed by atoms with Crippen molar-refractivity contribution in [1.82, 2.24) is 5.32 Å². The molecule has 0 radical (unpaired) electrons. The van der Waals surface area contributed by atoms with Gasteiger partial charge in [-0.1, -0.05) is 0 Å². The summed E-state index contributed by atoms with van der Waals surface area (Å²) >= 11 is 0. The lowest BCUT2D eigenvalue weighted by Gasteiger charge is -2.21. The number of aliphatic carboxylic acids is 1. The van der Waals surface area contributed by atoms with Crippen LogP contribution in [0.3, 0.4) is 0 Å². The standard InChI is InChI=1S/C11H22N4O6/c12-11(13)14-3-1-2-5(10(19)20)15-9-8(18)7(17)6(4-16)21-9/h5-9,15-18H,1-4H2,(H,19,20)(H4,12,13,14)/t5-,6+,7+,8+,9?/m0/s1. The molecule has 1 heterocycles. The average Bonchev–Trinajstić information content (AvgIpc) is 2.69. The Kier molecular flexibility index (Phi) is 6.78. The van der Waals surface area contributed by atoms with Crippen LogP contribution in [0.25, 0.3) is 0 Å². The summed E-state index contributed by atoms with van der Waals surface area (Å²) < 4.78 is 5.17. The van der Waals surface area contributed by atoms with E-state index in [4.69, 9.17) is 26.4 Å². The Labute approximate surface area is 121 Å². The predicted octanol–water partition coefficient (Wildman–Crippen LogP) is -3.48. The van der Waals surface area contributed by atoms with Gasteiger partial charge in [-0.2, -0.15) is 0 Å². The molecule has 1 rings (SSSR count). The molecule has 5 atom stereocenters. The van der Waals surface area contributed by atoms with Crippen LogP contribution in [-0.4, -0.2) is 76.1 Å². The summed E-state index contributed by atoms with van der Waals surface area (Å²) in [5.41, 5.74) is 10.3. The molecular weight excluding hydrogens is 284 g/mol. The second kappa shape index (κ2) is 8.10. The minimum atomic E-state index is -1.32. The summed E-state index contributed by atoms with van der Waals surface area (Å²) in [7, 11) is 0. The second-order valence-corrected chi connectivity index (χ2v) is 4.77. The molecule has 0 aromatic carbocycles. The van der Waals surface area contributed by atoms with Crippen molar-refractivity contribution in [2.45, 2.75) is 43.4 Å². The number of nitrogens with zero attached hydrogens (tertiary/aromatic N) is 1. The van der Waals surface area contributed by atoms with Crippen LogP contribution >= 0.6 is 0 Å². The first-order valence-corrected chi connectivity index (χ1v) is 6.53. The molecule has 0 spiro atoms. The van der Waals surface area contributed by atoms with Gasteiger partial charge in [-0.05, 0) is 12.8 Å². The first kappa shape index (κ1) is 17.6. The van der Waals surface area contributed by atoms with Crippen molar-refractivity contribution in [3.63, 3.8) is 0 Å². The number of ether oxygens (including phenoxy) is 1. The molecular formula is C11H22N4O6. The lowest BCUT2D eigenvalue weighted by atomic mass is 10.1. The zero-order valence-corrected chi connectivity index (χ0v) is 11.4. The Bertz CT molecular complexity index is 376. The normalized spacial score (nSPS) is 30.0. The van der Waals surface area contributed by atoms with Crippen LogP contribution in [0.5, 0.6) is 0 Å². The van der Waals surface area contributed by atoms with Crippen molar-refractivity contribution in [3.8, 4) is 0 Å². The summed E-state index contributed by atoms with van der Waals surface area (Å²) in [6, 6.07) is -0.997. The Morgan fingerprint density at radius 3 is 2.48 bits per heavy atom. The highest BCUT2D eigenvalue weighted by molar-refractivity contribution is 5.75. The fourth-order valence-corrected chi connectivity index (χ4v) is 2.02. The quantitative estimate of drug-likeness (QED) is 0.136. The van der Waals surface area contributed by atoms with Gasteiger partial charge in [0.1, 0.15) is 30.6 Å². The van der Waals surface area contributed by atoms with Gasteiger partial charge in [-0.3, -0.25) is 15.1 Å². The van der Waals surface area contributed by atoms with Crippen LogP contribution in [0, 0.1) is 0 Å². The van der Waals surface area contributed by atoms with Crippen LogP contribution in [0.15, 0.2) is 4.99 Å². The minimum absolute atomic E-state index is 0.0710. The molecule has 1 fully saturated rings. The van der Waals surface area contributed by atoms with Gasteiger partial charge in [-0.25, -0.2) is 0 Å². The molecule has 0 saturated carbocycles. The molecule has 0 bridgehead atoms. The summed E-state index contributed by atoms with van der Waals surface area (Å²) in [5.74, 6) is -1.20. The first-order valence-electron chi connectivity index (χ1n) is 6.53. The molecule has 0 aromatic rings. The number of guanidine groups is 1. The number of hydrogen-bond acceptors (Lipinski definition) is 7. The van der Waals surface area contributed by atoms with Gasteiger partial charge in [0, 0.05) is 6.54 Å². The molecule has 10 heteroatoms. The molecule has 10 nitrogen and oxygen atoms in total. The van der Waals surface area contributed by atoms with Gasteiger partial charge in [0.25, 0.3) is 0 Å². The fraction of sp³-hybridized carbons (Fsp3) is 0.818. The van der Waals surface area contributed by atoms with E-state index >= 15 is 0 Å². The number of aliphatic hydroxyl groups excluding tert-OH is 3. The molecule has 0 aromatic heterocycles. The molecule has 1 unspecified atom stereocenters. The number of carbonyl (C=O) groups is 1. The van der Waals surface area contributed by atoms with E-state index in [0.717, 1.165) is 0 Å². The number of nitrogens with two attached hydrogens (primary N) is 2. The molecule has 1 aliphatic rings. The highest BCUT2D eigenvalue weighted by atomic mass is 16.6. The average molecular weight is 306 g/mol. The third kappa shape index (κ3) is 5.10. The van der Waals surface area contributed by atoms with Crippen LogP contribution in [0.1, 0.15) is 12.8 Å². The minimum Gasteiger partial charge on any atom is -0.480 e. The molecule has 0 amide bonds. The number of rotatable bonds is 8. The van der Waals surface area contributed by atoms with E-state index in [-0.39, 0.29) is 18.9 Å². The van der Waals surface area contributed by atoms with Crippen molar-refractivity contribution < 1.29 is 30.0 Å². The van der Waals surface area contributed by atoms with Crippen molar-refractivity contribution in [2.75, 3.05) is 13.2 Å². The topological polar surface area (TPSA) is 184 Å². The van der Waals surface area contributed by atoms with E-state index in [2.05, 4.69) is 10.3 Å². The largest absolute Gasteiger partial charge is 0.480 e. The smallest absolute Gasteiger partial charge is 0.320 e. The van der Waals surface area contributed by atoms with E-state index in [0.29, 0.717) is 6.42 Å². The van der Waals surface area contributed by atoms with E-state index in [1.165, 1.54) is 0 Å². The predicted molar refractivity (Wildman–Crippen MR) is 72.2 cm³/mol. The van der Waals surface area contributed by atoms with Crippen molar-refractivity contribution >= 4 is 11.9 Å². The number of aliphatic hydroxyl groups is 3. The Balaban J connectivity index is 2.51. The lowest BCUT2D eigenvalue weighted by Crippen LogP contribution is -2.49. The first-order chi connectivity index (χ1) is 9.86. The number of aliphatic imine (C=N–C) groups is 1. The van der Waals surface area contributed by atoms with Crippen LogP contribution in [0.2, 0.25) is 0 Å². The van der Waals surface area contributed by atoms with Crippen LogP contribution in [0.4, 0.5) is 0 Å². The van der Waals surface area contributed by atoms with Crippen molar-refractivity contribution in [3.05, 3.63) is 0 Å². The summed E-state index contributed by atoms with van der Waals surface area (Å²) in [5, 5.41) is 40.0. The Hall–Kier alpha value is -1.46. The summed E-state index contributed by atoms with van der Waals surface area (Å²) in [4.78, 5) is 14.9. The highest BCUT2D eigenvalue weighted by Gasteiger charge is 2.43. The van der Waals surface area contributed by atoms with Crippen molar-refractivity contribution in [1.29, 1.82) is 0 Å². The van der Waals surface area contributed by atoms with Gasteiger partial charge in [0.2, 0.25) is 0 Å². The maximum atomic E-state index is 11.2. The Morgan fingerprint density at radius 2 is 2.00 bits per heavy atom. The number of carboxylic acid groups (broad SMARTS) is 1. The maximum Gasteiger partial charge on any atom is 0.320 e. The monoisotopic (exact) mass is 306 g/mol. The number of nitrogens with one attached hydrogen (secondary N) is 1. The molecule has 1 aliphatic heterocycles. The van der Waals surface area contributed by atoms with E-state index in [1.54, 1.807) is 0 Å². The van der Waals surface area contributed by atoms with Gasteiger partial charge < -0.3 is 36.6 Å². The fourth-order valence-electron chi connectivity index (χ4n) is 2.02. The molecule has 1 saturated heterocycles. The highest BCUT2D eigenvalue weighted by Crippen LogP contribution is 2.20. The molecule has 122 valence electrons. The zero-order valence-electron chi connectivity index (χ0n) is 11.4. The van der Waals surface area contributed by atoms with Gasteiger partial charge in [-0.15, -0.1) is 0 Å². The van der Waals surface area contributed by atoms with E-state index in [1.807, 2.05) is 0 Å². The molecule has 9 N–H and O–H groups in total. The van der Waals surface area contributed by atoms with E-state index in [9.17, 15) is 15.0 Å². The van der Waals surface area contributed by atoms with Crippen LogP contribution in [-0.2, 0) is 9.53 Å². The van der Waals surface area contributed by atoms with Gasteiger partial charge in [0.05, 0.1) is 6.61 Å². The summed E-state index contributed by atoms with van der Waals surface area (Å²) in [6.07, 6.45) is -3.99. The maximum absolute atomic E-state index is 11.2. The molecule has 0 aliphatic carbocycles. The molecule has 21 heavy (non-hydrogen) atoms. The number of hydrogen-bond donors (Lipinski definition) is 7. The zero-order chi connectivity index (χ0) is 16.0.